The summed E-state index contributed by atoms with van der Waals surface area (Å²) < 4.78 is 20.3. The van der Waals surface area contributed by atoms with Gasteiger partial charge in [-0.25, -0.2) is 19.2 Å². The van der Waals surface area contributed by atoms with Crippen molar-refractivity contribution in [2.75, 3.05) is 13.2 Å². The van der Waals surface area contributed by atoms with E-state index in [0.29, 0.717) is 11.3 Å². The van der Waals surface area contributed by atoms with E-state index in [1.165, 1.54) is 48.5 Å². The number of ether oxygens (including phenoxy) is 4. The molecule has 0 aromatic heterocycles. The van der Waals surface area contributed by atoms with E-state index >= 15 is 0 Å². The van der Waals surface area contributed by atoms with Gasteiger partial charge in [0.15, 0.2) is 0 Å². The molecule has 0 aliphatic rings. The van der Waals surface area contributed by atoms with Crippen LogP contribution in [0.15, 0.2) is 91.5 Å². The minimum absolute atomic E-state index is 0.0920. The molecule has 0 unspecified atom stereocenters. The van der Waals surface area contributed by atoms with Crippen molar-refractivity contribution >= 4 is 23.9 Å². The number of carbonyl (C=O) groups excluding carboxylic acids is 4. The minimum Gasteiger partial charge on any atom is -0.459 e. The molecule has 0 fully saturated rings. The zero-order valence-corrected chi connectivity index (χ0v) is 18.0. The summed E-state index contributed by atoms with van der Waals surface area (Å²) in [4.78, 5) is 47.4. The maximum atomic E-state index is 12.4. The molecule has 3 aromatic rings. The average molecular weight is 460 g/mol. The van der Waals surface area contributed by atoms with Crippen molar-refractivity contribution in [1.29, 1.82) is 0 Å². The SMILES string of the molecule is C=CC(=O)OCCOC(=O)c1ccc(C(=O)Oc2ccc(OC(=O)c3ccccc3)cc2)cc1. The van der Waals surface area contributed by atoms with Crippen molar-refractivity contribution in [1.82, 2.24) is 0 Å². The van der Waals surface area contributed by atoms with Crippen molar-refractivity contribution < 1.29 is 38.1 Å². The van der Waals surface area contributed by atoms with Gasteiger partial charge in [0.25, 0.3) is 0 Å². The first-order valence-electron chi connectivity index (χ1n) is 10.1. The fourth-order valence-electron chi connectivity index (χ4n) is 2.64. The normalized spacial score (nSPS) is 10.0. The average Bonchev–Trinajstić information content (AvgIpc) is 2.88. The predicted octanol–water partition coefficient (Wildman–Crippen LogP) is 4.01. The van der Waals surface area contributed by atoms with Crippen LogP contribution in [0, 0.1) is 0 Å². The van der Waals surface area contributed by atoms with Crippen molar-refractivity contribution in [3.05, 3.63) is 108 Å². The summed E-state index contributed by atoms with van der Waals surface area (Å²) in [6.45, 7) is 3.05. The van der Waals surface area contributed by atoms with Crippen LogP contribution in [0.5, 0.6) is 11.5 Å². The molecule has 8 nitrogen and oxygen atoms in total. The zero-order chi connectivity index (χ0) is 24.3. The van der Waals surface area contributed by atoms with Crippen LogP contribution in [0.1, 0.15) is 31.1 Å². The largest absolute Gasteiger partial charge is 0.459 e. The third-order valence-electron chi connectivity index (χ3n) is 4.34. The number of hydrogen-bond acceptors (Lipinski definition) is 8. The molecule has 0 saturated carbocycles. The van der Waals surface area contributed by atoms with Gasteiger partial charge in [-0.2, -0.15) is 0 Å². The lowest BCUT2D eigenvalue weighted by molar-refractivity contribution is -0.138. The van der Waals surface area contributed by atoms with Gasteiger partial charge in [-0.05, 0) is 60.7 Å². The van der Waals surface area contributed by atoms with Crippen LogP contribution in [-0.4, -0.2) is 37.1 Å². The fraction of sp³-hybridized carbons (Fsp3) is 0.0769. The van der Waals surface area contributed by atoms with Crippen molar-refractivity contribution in [2.24, 2.45) is 0 Å². The van der Waals surface area contributed by atoms with Gasteiger partial charge in [0.2, 0.25) is 0 Å². The number of esters is 4. The van der Waals surface area contributed by atoms with E-state index in [0.717, 1.165) is 6.08 Å². The first-order chi connectivity index (χ1) is 16.5. The van der Waals surface area contributed by atoms with Crippen LogP contribution in [0.2, 0.25) is 0 Å². The van der Waals surface area contributed by atoms with Crippen molar-refractivity contribution in [3.8, 4) is 11.5 Å². The molecule has 34 heavy (non-hydrogen) atoms. The quantitative estimate of drug-likeness (QED) is 0.204. The Morgan fingerprint density at radius 1 is 0.588 bits per heavy atom. The lowest BCUT2D eigenvalue weighted by atomic mass is 10.1. The topological polar surface area (TPSA) is 105 Å². The molecule has 172 valence electrons. The maximum Gasteiger partial charge on any atom is 0.343 e. The Bertz CT molecular complexity index is 1170. The molecule has 0 saturated heterocycles. The van der Waals surface area contributed by atoms with Crippen LogP contribution in [0.3, 0.4) is 0 Å². The highest BCUT2D eigenvalue weighted by molar-refractivity contribution is 5.94. The molecule has 0 heterocycles. The van der Waals surface area contributed by atoms with Gasteiger partial charge in [0, 0.05) is 6.08 Å². The highest BCUT2D eigenvalue weighted by atomic mass is 16.6. The first-order valence-corrected chi connectivity index (χ1v) is 10.1. The Balaban J connectivity index is 1.50. The van der Waals surface area contributed by atoms with E-state index in [1.54, 1.807) is 30.3 Å². The van der Waals surface area contributed by atoms with Gasteiger partial charge in [0.05, 0.1) is 16.7 Å². The smallest absolute Gasteiger partial charge is 0.343 e. The summed E-state index contributed by atoms with van der Waals surface area (Å²) in [6.07, 6.45) is 1.01. The standard InChI is InChI=1S/C26H20O8/c1-2-23(27)31-16-17-32-24(28)19-8-10-20(11-9-19)26(30)34-22-14-12-21(13-15-22)33-25(29)18-6-4-3-5-7-18/h2-15H,1,16-17H2. The molecular weight excluding hydrogens is 440 g/mol. The molecule has 0 aliphatic carbocycles. The highest BCUT2D eigenvalue weighted by Crippen LogP contribution is 2.20. The lowest BCUT2D eigenvalue weighted by Crippen LogP contribution is -2.13. The summed E-state index contributed by atoms with van der Waals surface area (Å²) in [7, 11) is 0. The van der Waals surface area contributed by atoms with E-state index in [-0.39, 0.29) is 30.1 Å². The minimum atomic E-state index is -0.634. The Kier molecular flexibility index (Phi) is 8.29. The van der Waals surface area contributed by atoms with E-state index in [2.05, 4.69) is 6.58 Å². The summed E-state index contributed by atoms with van der Waals surface area (Å²) in [6, 6.07) is 20.2. The fourth-order valence-corrected chi connectivity index (χ4v) is 2.64. The molecule has 0 radical (unpaired) electrons. The number of hydrogen-bond donors (Lipinski definition) is 0. The molecule has 0 spiro atoms. The number of carbonyl (C=O) groups is 4. The van der Waals surface area contributed by atoms with Gasteiger partial charge < -0.3 is 18.9 Å². The van der Waals surface area contributed by atoms with E-state index in [4.69, 9.17) is 18.9 Å². The first kappa shape index (κ1) is 23.9. The summed E-state index contributed by atoms with van der Waals surface area (Å²) in [5, 5.41) is 0. The second-order valence-electron chi connectivity index (χ2n) is 6.70. The van der Waals surface area contributed by atoms with Gasteiger partial charge in [-0.1, -0.05) is 24.8 Å². The van der Waals surface area contributed by atoms with Crippen molar-refractivity contribution in [3.63, 3.8) is 0 Å². The third kappa shape index (κ3) is 6.89. The molecular formula is C26H20O8. The predicted molar refractivity (Wildman–Crippen MR) is 121 cm³/mol. The van der Waals surface area contributed by atoms with Gasteiger partial charge in [-0.15, -0.1) is 0 Å². The Hall–Kier alpha value is -4.72. The van der Waals surface area contributed by atoms with Crippen LogP contribution < -0.4 is 9.47 Å². The van der Waals surface area contributed by atoms with Crippen LogP contribution in [0.25, 0.3) is 0 Å². The molecule has 3 rings (SSSR count). The monoisotopic (exact) mass is 460 g/mol. The zero-order valence-electron chi connectivity index (χ0n) is 18.0. The molecule has 0 aliphatic heterocycles. The van der Waals surface area contributed by atoms with Crippen molar-refractivity contribution in [2.45, 2.75) is 0 Å². The number of rotatable bonds is 9. The second-order valence-corrected chi connectivity index (χ2v) is 6.70. The molecule has 0 atom stereocenters. The summed E-state index contributed by atoms with van der Waals surface area (Å²) >= 11 is 0. The van der Waals surface area contributed by atoms with Gasteiger partial charge in [0.1, 0.15) is 24.7 Å². The Morgan fingerprint density at radius 3 is 1.53 bits per heavy atom. The Labute approximate surface area is 195 Å². The summed E-state index contributed by atoms with van der Waals surface area (Å²) in [5.41, 5.74) is 0.855. The van der Waals surface area contributed by atoms with E-state index < -0.39 is 23.9 Å². The van der Waals surface area contributed by atoms with E-state index in [1.807, 2.05) is 0 Å². The number of benzene rings is 3. The highest BCUT2D eigenvalue weighted by Gasteiger charge is 2.13. The lowest BCUT2D eigenvalue weighted by Gasteiger charge is -2.08. The molecule has 0 bridgehead atoms. The van der Waals surface area contributed by atoms with Crippen LogP contribution >= 0.6 is 0 Å². The molecule has 3 aromatic carbocycles. The summed E-state index contributed by atoms with van der Waals surface area (Å²) in [5.74, 6) is -1.82. The Morgan fingerprint density at radius 2 is 1.03 bits per heavy atom. The van der Waals surface area contributed by atoms with E-state index in [9.17, 15) is 19.2 Å². The molecule has 8 heteroatoms. The third-order valence-corrected chi connectivity index (χ3v) is 4.34. The maximum absolute atomic E-state index is 12.4. The second kappa shape index (κ2) is 11.8. The van der Waals surface area contributed by atoms with Crippen LogP contribution in [0.4, 0.5) is 0 Å². The van der Waals surface area contributed by atoms with Gasteiger partial charge in [-0.3, -0.25) is 0 Å². The molecule has 0 N–H and O–H groups in total. The van der Waals surface area contributed by atoms with Crippen LogP contribution in [-0.2, 0) is 14.3 Å². The van der Waals surface area contributed by atoms with Gasteiger partial charge >= 0.3 is 23.9 Å². The molecule has 0 amide bonds.